The van der Waals surface area contributed by atoms with E-state index in [2.05, 4.69) is 0 Å². The third kappa shape index (κ3) is 1.20. The molecule has 0 aromatic carbocycles. The maximum absolute atomic E-state index is 10.5. The van der Waals surface area contributed by atoms with E-state index in [-0.39, 0.29) is 11.8 Å². The molecule has 0 aliphatic rings. The summed E-state index contributed by atoms with van der Waals surface area (Å²) < 4.78 is 0.919. The van der Waals surface area contributed by atoms with Crippen molar-refractivity contribution in [3.05, 3.63) is 12.1 Å². The minimum Gasteiger partial charge on any atom is -0.494 e. The van der Waals surface area contributed by atoms with Crippen LogP contribution in [0.4, 0.5) is 0 Å². The van der Waals surface area contributed by atoms with Crippen LogP contribution in [0, 0.1) is 0 Å². The smallest absolute Gasteiger partial charge is 0.326 e. The molecule has 0 aliphatic carbocycles. The molecule has 5 nitrogen and oxygen atoms in total. The maximum atomic E-state index is 10.5. The lowest BCUT2D eigenvalue weighted by Gasteiger charge is -2.10. The number of aliphatic carboxylic acids is 1. The summed E-state index contributed by atoms with van der Waals surface area (Å²) >= 11 is 0. The fraction of sp³-hybridized carbons (Fsp3) is 0.286. The molecule has 0 spiro atoms. The Morgan fingerprint density at radius 2 is 1.83 bits per heavy atom. The van der Waals surface area contributed by atoms with Crippen LogP contribution in [-0.4, -0.2) is 25.9 Å². The van der Waals surface area contributed by atoms with Crippen molar-refractivity contribution in [3.8, 4) is 11.8 Å². The summed E-state index contributed by atoms with van der Waals surface area (Å²) in [5.41, 5.74) is 0. The van der Waals surface area contributed by atoms with Crippen molar-refractivity contribution < 1.29 is 20.1 Å². The molecule has 0 radical (unpaired) electrons. The zero-order chi connectivity index (χ0) is 9.30. The number of carboxylic acid groups (broad SMARTS) is 1. The van der Waals surface area contributed by atoms with E-state index in [1.807, 2.05) is 0 Å². The first kappa shape index (κ1) is 8.45. The molecule has 3 N–H and O–H groups in total. The number of carboxylic acids is 1. The highest BCUT2D eigenvalue weighted by Crippen LogP contribution is 2.26. The van der Waals surface area contributed by atoms with E-state index in [0.717, 1.165) is 4.57 Å². The monoisotopic (exact) mass is 171 g/mol. The van der Waals surface area contributed by atoms with E-state index >= 15 is 0 Å². The van der Waals surface area contributed by atoms with Crippen LogP contribution >= 0.6 is 0 Å². The van der Waals surface area contributed by atoms with Crippen molar-refractivity contribution in [1.29, 1.82) is 0 Å². The SMILES string of the molecule is CC(C(=O)O)n1c(O)ccc1O. The Bertz CT molecular complexity index is 285. The van der Waals surface area contributed by atoms with Gasteiger partial charge in [-0.2, -0.15) is 0 Å². The molecule has 0 bridgehead atoms. The molecule has 1 unspecified atom stereocenters. The fourth-order valence-corrected chi connectivity index (χ4v) is 0.934. The minimum atomic E-state index is -1.11. The van der Waals surface area contributed by atoms with Crippen molar-refractivity contribution in [3.63, 3.8) is 0 Å². The lowest BCUT2D eigenvalue weighted by molar-refractivity contribution is -0.140. The predicted molar refractivity (Wildman–Crippen MR) is 40.1 cm³/mol. The molecule has 1 rings (SSSR count). The van der Waals surface area contributed by atoms with E-state index in [1.54, 1.807) is 0 Å². The van der Waals surface area contributed by atoms with E-state index < -0.39 is 12.0 Å². The fourth-order valence-electron chi connectivity index (χ4n) is 0.934. The predicted octanol–water partition coefficient (Wildman–Crippen LogP) is 0.545. The summed E-state index contributed by atoms with van der Waals surface area (Å²) in [4.78, 5) is 10.5. The zero-order valence-corrected chi connectivity index (χ0v) is 6.43. The van der Waals surface area contributed by atoms with Gasteiger partial charge in [-0.15, -0.1) is 0 Å². The van der Waals surface area contributed by atoms with Gasteiger partial charge in [-0.3, -0.25) is 4.57 Å². The summed E-state index contributed by atoms with van der Waals surface area (Å²) in [6, 6.07) is 1.49. The molecule has 0 saturated carbocycles. The lowest BCUT2D eigenvalue weighted by atomic mass is 10.3. The van der Waals surface area contributed by atoms with Crippen molar-refractivity contribution in [2.75, 3.05) is 0 Å². The first-order chi connectivity index (χ1) is 5.54. The third-order valence-corrected chi connectivity index (χ3v) is 1.62. The topological polar surface area (TPSA) is 82.7 Å². The van der Waals surface area contributed by atoms with Crippen molar-refractivity contribution >= 4 is 5.97 Å². The molecule has 5 heteroatoms. The number of nitrogens with zero attached hydrogens (tertiary/aromatic N) is 1. The number of hydrogen-bond donors (Lipinski definition) is 3. The Morgan fingerprint density at radius 1 is 1.42 bits per heavy atom. The van der Waals surface area contributed by atoms with Crippen LogP contribution in [0.5, 0.6) is 11.8 Å². The van der Waals surface area contributed by atoms with Gasteiger partial charge in [-0.1, -0.05) is 0 Å². The number of hydrogen-bond acceptors (Lipinski definition) is 3. The van der Waals surface area contributed by atoms with E-state index in [9.17, 15) is 4.79 Å². The third-order valence-electron chi connectivity index (χ3n) is 1.62. The summed E-state index contributed by atoms with van der Waals surface area (Å²) in [6.07, 6.45) is 0. The molecule has 1 atom stereocenters. The first-order valence-electron chi connectivity index (χ1n) is 3.36. The Kier molecular flexibility index (Phi) is 1.95. The second kappa shape index (κ2) is 2.77. The van der Waals surface area contributed by atoms with E-state index in [1.165, 1.54) is 19.1 Å². The van der Waals surface area contributed by atoms with Crippen molar-refractivity contribution in [2.45, 2.75) is 13.0 Å². The highest BCUT2D eigenvalue weighted by Gasteiger charge is 2.18. The second-order valence-electron chi connectivity index (χ2n) is 2.43. The van der Waals surface area contributed by atoms with Gasteiger partial charge >= 0.3 is 5.97 Å². The van der Waals surface area contributed by atoms with Crippen LogP contribution in [0.25, 0.3) is 0 Å². The highest BCUT2D eigenvalue weighted by molar-refractivity contribution is 5.72. The van der Waals surface area contributed by atoms with Crippen LogP contribution < -0.4 is 0 Å². The van der Waals surface area contributed by atoms with E-state index in [4.69, 9.17) is 15.3 Å². The largest absolute Gasteiger partial charge is 0.494 e. The second-order valence-corrected chi connectivity index (χ2v) is 2.43. The van der Waals surface area contributed by atoms with Crippen molar-refractivity contribution in [2.24, 2.45) is 0 Å². The highest BCUT2D eigenvalue weighted by atomic mass is 16.4. The molecule has 0 amide bonds. The molecule has 0 fully saturated rings. The molecular weight excluding hydrogens is 162 g/mol. The van der Waals surface area contributed by atoms with Crippen LogP contribution in [0.15, 0.2) is 12.1 Å². The van der Waals surface area contributed by atoms with Gasteiger partial charge < -0.3 is 15.3 Å². The molecule has 1 aromatic rings. The molecule has 1 aromatic heterocycles. The normalized spacial score (nSPS) is 12.8. The molecule has 0 saturated heterocycles. The minimum absolute atomic E-state index is 0.262. The Balaban J connectivity index is 3.08. The first-order valence-corrected chi connectivity index (χ1v) is 3.36. The number of aromatic hydroxyl groups is 2. The maximum Gasteiger partial charge on any atom is 0.326 e. The lowest BCUT2D eigenvalue weighted by Crippen LogP contribution is -2.14. The summed E-state index contributed by atoms with van der Waals surface area (Å²) in [7, 11) is 0. The van der Waals surface area contributed by atoms with E-state index in [0.29, 0.717) is 0 Å². The Morgan fingerprint density at radius 3 is 2.17 bits per heavy atom. The van der Waals surface area contributed by atoms with Gasteiger partial charge in [0.1, 0.15) is 6.04 Å². The van der Waals surface area contributed by atoms with Gasteiger partial charge in [0.05, 0.1) is 0 Å². The van der Waals surface area contributed by atoms with Crippen LogP contribution in [0.2, 0.25) is 0 Å². The van der Waals surface area contributed by atoms with Gasteiger partial charge in [-0.25, -0.2) is 4.79 Å². The van der Waals surface area contributed by atoms with Crippen LogP contribution in [-0.2, 0) is 4.79 Å². The van der Waals surface area contributed by atoms with Gasteiger partial charge in [0.15, 0.2) is 11.8 Å². The molecule has 66 valence electrons. The van der Waals surface area contributed by atoms with Gasteiger partial charge in [0, 0.05) is 12.1 Å². The molecular formula is C7H9NO4. The number of aromatic nitrogens is 1. The van der Waals surface area contributed by atoms with Gasteiger partial charge in [0.2, 0.25) is 0 Å². The van der Waals surface area contributed by atoms with Gasteiger partial charge in [-0.05, 0) is 6.92 Å². The summed E-state index contributed by atoms with van der Waals surface area (Å²) in [5, 5.41) is 26.7. The van der Waals surface area contributed by atoms with Gasteiger partial charge in [0.25, 0.3) is 0 Å². The summed E-state index contributed by atoms with van der Waals surface area (Å²) in [5.74, 6) is -1.64. The molecule has 0 aliphatic heterocycles. The molecule has 12 heavy (non-hydrogen) atoms. The van der Waals surface area contributed by atoms with Crippen LogP contribution in [0.1, 0.15) is 13.0 Å². The Hall–Kier alpha value is -1.65. The molecule has 1 heterocycles. The number of rotatable bonds is 2. The average Bonchev–Trinajstić information content (AvgIpc) is 2.30. The quantitative estimate of drug-likeness (QED) is 0.606. The standard InChI is InChI=1S/C7H9NO4/c1-4(7(11)12)8-5(9)2-3-6(8)10/h2-4,9-10H,1H3,(H,11,12). The van der Waals surface area contributed by atoms with Crippen LogP contribution in [0.3, 0.4) is 0 Å². The zero-order valence-electron chi connectivity index (χ0n) is 6.43. The summed E-state index contributed by atoms with van der Waals surface area (Å²) in [6.45, 7) is 1.36. The Labute approximate surface area is 68.5 Å². The van der Waals surface area contributed by atoms with Crippen molar-refractivity contribution in [1.82, 2.24) is 4.57 Å². The average molecular weight is 171 g/mol. The number of carbonyl (C=O) groups is 1.